The normalized spacial score (nSPS) is 15.1. The Hall–Kier alpha value is -1.71. The first-order valence-electron chi connectivity index (χ1n) is 5.17. The Labute approximate surface area is 93.1 Å². The van der Waals surface area contributed by atoms with Gasteiger partial charge in [0.2, 0.25) is 5.71 Å². The maximum atomic E-state index is 13.3. The van der Waals surface area contributed by atoms with Crippen LogP contribution in [-0.4, -0.2) is 29.9 Å². The van der Waals surface area contributed by atoms with Crippen LogP contribution in [0.4, 0.5) is 4.39 Å². The minimum Gasteiger partial charge on any atom is -0.293 e. The van der Waals surface area contributed by atoms with Crippen LogP contribution in [0.3, 0.4) is 0 Å². The van der Waals surface area contributed by atoms with Crippen molar-refractivity contribution in [2.24, 2.45) is 0 Å². The Balaban J connectivity index is 2.15. The first-order chi connectivity index (χ1) is 7.68. The van der Waals surface area contributed by atoms with E-state index in [1.807, 2.05) is 0 Å². The van der Waals surface area contributed by atoms with E-state index in [2.05, 4.69) is 0 Å². The number of hydroxylamine groups is 1. The molecule has 0 radical (unpaired) electrons. The summed E-state index contributed by atoms with van der Waals surface area (Å²) in [6.07, 6.45) is 0.953. The van der Waals surface area contributed by atoms with Crippen LogP contribution < -0.4 is 0 Å². The summed E-state index contributed by atoms with van der Waals surface area (Å²) in [4.78, 5) is 17.0. The highest BCUT2D eigenvalue weighted by Gasteiger charge is 2.25. The second-order valence-corrected chi connectivity index (χ2v) is 3.73. The van der Waals surface area contributed by atoms with Gasteiger partial charge in [0.1, 0.15) is 5.82 Å². The van der Waals surface area contributed by atoms with Crippen molar-refractivity contribution in [2.75, 3.05) is 13.7 Å². The van der Waals surface area contributed by atoms with Crippen LogP contribution in [0.1, 0.15) is 23.2 Å². The van der Waals surface area contributed by atoms with Crippen molar-refractivity contribution in [1.29, 1.82) is 0 Å². The fourth-order valence-electron chi connectivity index (χ4n) is 1.72. The molecule has 0 saturated carbocycles. The number of carbonyl (C=O) groups is 1. The van der Waals surface area contributed by atoms with E-state index in [9.17, 15) is 9.18 Å². The molecule has 16 heavy (non-hydrogen) atoms. The van der Waals surface area contributed by atoms with Crippen molar-refractivity contribution in [3.63, 3.8) is 0 Å². The molecule has 1 aromatic carbocycles. The molecule has 3 nitrogen and oxygen atoms in total. The lowest BCUT2D eigenvalue weighted by molar-refractivity contribution is -0.758. The minimum absolute atomic E-state index is 0.148. The molecule has 1 aliphatic rings. The lowest BCUT2D eigenvalue weighted by atomic mass is 10.0. The van der Waals surface area contributed by atoms with Crippen molar-refractivity contribution in [2.45, 2.75) is 12.8 Å². The van der Waals surface area contributed by atoms with Crippen LogP contribution in [-0.2, 0) is 4.84 Å². The van der Waals surface area contributed by atoms with Gasteiger partial charge in [-0.15, -0.1) is 0 Å². The van der Waals surface area contributed by atoms with Crippen LogP contribution in [0.5, 0.6) is 0 Å². The molecule has 4 heteroatoms. The molecule has 0 aromatic heterocycles. The number of hydrogen-bond acceptors (Lipinski definition) is 2. The molecule has 2 rings (SSSR count). The fraction of sp³-hybridized carbons (Fsp3) is 0.333. The lowest BCUT2D eigenvalue weighted by Gasteiger charge is -1.99. The summed E-state index contributed by atoms with van der Waals surface area (Å²) < 4.78 is 14.9. The zero-order chi connectivity index (χ0) is 11.5. The Morgan fingerprint density at radius 3 is 2.88 bits per heavy atom. The lowest BCUT2D eigenvalue weighted by Crippen LogP contribution is -2.14. The molecular formula is C12H13FNO2+. The Morgan fingerprint density at radius 1 is 1.50 bits per heavy atom. The number of halogens is 1. The summed E-state index contributed by atoms with van der Waals surface area (Å²) in [6.45, 7) is 0.594. The van der Waals surface area contributed by atoms with E-state index in [1.165, 1.54) is 12.1 Å². The maximum absolute atomic E-state index is 13.3. The summed E-state index contributed by atoms with van der Waals surface area (Å²) in [5, 5.41) is 0. The molecule has 0 unspecified atom stereocenters. The molecule has 0 N–H and O–H groups in total. The molecule has 1 aliphatic heterocycles. The standard InChI is InChI=1S/C12H13FNO2/c1-14-9(6-7-16-14)8-12(15)10-4-2-3-5-11(10)13/h2-5H,6-8H2,1H3/q+1. The van der Waals surface area contributed by atoms with Gasteiger partial charge < -0.3 is 0 Å². The van der Waals surface area contributed by atoms with Crippen molar-refractivity contribution in [1.82, 2.24) is 0 Å². The molecular weight excluding hydrogens is 209 g/mol. The van der Waals surface area contributed by atoms with Crippen LogP contribution in [0.2, 0.25) is 0 Å². The summed E-state index contributed by atoms with van der Waals surface area (Å²) in [7, 11) is 1.76. The van der Waals surface area contributed by atoms with Gasteiger partial charge in [0.15, 0.2) is 19.4 Å². The minimum atomic E-state index is -0.463. The van der Waals surface area contributed by atoms with Gasteiger partial charge in [-0.3, -0.25) is 9.63 Å². The molecule has 0 bridgehead atoms. The zero-order valence-corrected chi connectivity index (χ0v) is 9.07. The van der Waals surface area contributed by atoms with Gasteiger partial charge in [0.05, 0.1) is 18.4 Å². The van der Waals surface area contributed by atoms with Gasteiger partial charge in [-0.1, -0.05) is 12.1 Å². The topological polar surface area (TPSA) is 29.3 Å². The van der Waals surface area contributed by atoms with Gasteiger partial charge in [0, 0.05) is 0 Å². The Morgan fingerprint density at radius 2 is 2.25 bits per heavy atom. The number of nitrogens with zero attached hydrogens (tertiary/aromatic N) is 1. The first-order valence-corrected chi connectivity index (χ1v) is 5.17. The SMILES string of the molecule is C[N+]1=C(CC(=O)c2ccccc2F)CCO1. The molecule has 0 amide bonds. The second-order valence-electron chi connectivity index (χ2n) is 3.73. The van der Waals surface area contributed by atoms with E-state index in [-0.39, 0.29) is 17.8 Å². The highest BCUT2D eigenvalue weighted by Crippen LogP contribution is 2.12. The molecule has 0 spiro atoms. The second kappa shape index (κ2) is 4.43. The number of Topliss-reactive ketones (excluding diaryl/α,β-unsaturated/α-hetero) is 1. The molecule has 0 fully saturated rings. The summed E-state index contributed by atoms with van der Waals surface area (Å²) in [6, 6.07) is 6.04. The van der Waals surface area contributed by atoms with Crippen LogP contribution in [0.25, 0.3) is 0 Å². The van der Waals surface area contributed by atoms with Gasteiger partial charge in [-0.25, -0.2) is 4.39 Å². The highest BCUT2D eigenvalue weighted by molar-refractivity contribution is 6.08. The molecule has 0 aliphatic carbocycles. The molecule has 1 aromatic rings. The number of hydrogen-bond donors (Lipinski definition) is 0. The first kappa shape index (κ1) is 10.8. The summed E-state index contributed by atoms with van der Waals surface area (Å²) >= 11 is 0. The Bertz CT molecular complexity index is 454. The van der Waals surface area contributed by atoms with Crippen molar-refractivity contribution >= 4 is 11.5 Å². The highest BCUT2D eigenvalue weighted by atomic mass is 19.1. The number of rotatable bonds is 3. The fourth-order valence-corrected chi connectivity index (χ4v) is 1.72. The summed E-state index contributed by atoms with van der Waals surface area (Å²) in [5.41, 5.74) is 1.04. The van der Waals surface area contributed by atoms with Crippen LogP contribution in [0, 0.1) is 5.82 Å². The van der Waals surface area contributed by atoms with Gasteiger partial charge >= 0.3 is 0 Å². The molecule has 0 saturated heterocycles. The Kier molecular flexibility index (Phi) is 2.99. The zero-order valence-electron chi connectivity index (χ0n) is 9.07. The molecule has 0 atom stereocenters. The number of ketones is 1. The van der Waals surface area contributed by atoms with Crippen LogP contribution >= 0.6 is 0 Å². The van der Waals surface area contributed by atoms with E-state index < -0.39 is 5.82 Å². The van der Waals surface area contributed by atoms with E-state index in [4.69, 9.17) is 4.84 Å². The predicted octanol–water partition coefficient (Wildman–Crippen LogP) is 1.82. The average molecular weight is 222 g/mol. The average Bonchev–Trinajstić information content (AvgIpc) is 2.65. The van der Waals surface area contributed by atoms with Crippen LogP contribution in [0.15, 0.2) is 24.3 Å². The largest absolute Gasteiger partial charge is 0.293 e. The molecule has 84 valence electrons. The maximum Gasteiger partial charge on any atom is 0.215 e. The smallest absolute Gasteiger partial charge is 0.215 e. The van der Waals surface area contributed by atoms with E-state index >= 15 is 0 Å². The quantitative estimate of drug-likeness (QED) is 0.576. The van der Waals surface area contributed by atoms with Crippen molar-refractivity contribution in [3.05, 3.63) is 35.6 Å². The third kappa shape index (κ3) is 2.10. The van der Waals surface area contributed by atoms with Crippen molar-refractivity contribution in [3.8, 4) is 0 Å². The summed E-state index contributed by atoms with van der Waals surface area (Å²) in [5.74, 6) is -0.667. The van der Waals surface area contributed by atoms with E-state index in [0.29, 0.717) is 6.61 Å². The number of benzene rings is 1. The number of carbonyl (C=O) groups excluding carboxylic acids is 1. The third-order valence-corrected chi connectivity index (χ3v) is 2.66. The third-order valence-electron chi connectivity index (χ3n) is 2.66. The molecule has 1 heterocycles. The van der Waals surface area contributed by atoms with Gasteiger partial charge in [-0.05, 0) is 16.9 Å². The van der Waals surface area contributed by atoms with Gasteiger partial charge in [0.25, 0.3) is 0 Å². The van der Waals surface area contributed by atoms with Gasteiger partial charge in [-0.2, -0.15) is 0 Å². The van der Waals surface area contributed by atoms with E-state index in [1.54, 1.807) is 23.9 Å². The predicted molar refractivity (Wildman–Crippen MR) is 57.1 cm³/mol. The van der Waals surface area contributed by atoms with Crippen molar-refractivity contribution < 1.29 is 18.8 Å². The monoisotopic (exact) mass is 222 g/mol. The van der Waals surface area contributed by atoms with E-state index in [0.717, 1.165) is 12.1 Å².